The molecule has 0 spiro atoms. The standard InChI is InChI=1S/C30H32N2O5S/c1-3-16-30(26-23-13-4-5-14-24(23)37-32-26)17-7-6-15-25(30)36-19-9-8-18-35-22-12-10-11-21(20-22)29(2)27(33)31-28(34)38-29/h4-7,10-15,17,20,25H,3,8-9,16,18-19H2,1-2H3,(H,31,33,34). The van der Waals surface area contributed by atoms with Crippen LogP contribution in [0.4, 0.5) is 4.79 Å². The van der Waals surface area contributed by atoms with Crippen molar-refractivity contribution in [1.82, 2.24) is 10.5 Å². The molecule has 1 aliphatic carbocycles. The van der Waals surface area contributed by atoms with Gasteiger partial charge in [0.25, 0.3) is 5.24 Å². The lowest BCUT2D eigenvalue weighted by atomic mass is 9.72. The predicted molar refractivity (Wildman–Crippen MR) is 148 cm³/mol. The van der Waals surface area contributed by atoms with E-state index in [1.165, 1.54) is 0 Å². The molecule has 3 unspecified atom stereocenters. The molecule has 7 nitrogen and oxygen atoms in total. The zero-order valence-electron chi connectivity index (χ0n) is 21.6. The molecular weight excluding hydrogens is 500 g/mol. The fourth-order valence-electron chi connectivity index (χ4n) is 5.20. The second kappa shape index (κ2) is 11.2. The molecular formula is C30H32N2O5S. The van der Waals surface area contributed by atoms with E-state index in [9.17, 15) is 9.59 Å². The van der Waals surface area contributed by atoms with E-state index in [1.807, 2.05) is 48.5 Å². The van der Waals surface area contributed by atoms with E-state index >= 15 is 0 Å². The number of nitrogens with one attached hydrogen (secondary N) is 1. The summed E-state index contributed by atoms with van der Waals surface area (Å²) >= 11 is 0.996. The Morgan fingerprint density at radius 1 is 1.08 bits per heavy atom. The van der Waals surface area contributed by atoms with Gasteiger partial charge in [-0.25, -0.2) is 0 Å². The van der Waals surface area contributed by atoms with Crippen molar-refractivity contribution >= 4 is 33.9 Å². The Morgan fingerprint density at radius 2 is 1.92 bits per heavy atom. The largest absolute Gasteiger partial charge is 0.494 e. The van der Waals surface area contributed by atoms with Gasteiger partial charge in [0.05, 0.1) is 18.1 Å². The van der Waals surface area contributed by atoms with Gasteiger partial charge in [-0.2, -0.15) is 0 Å². The summed E-state index contributed by atoms with van der Waals surface area (Å²) in [5, 5.41) is 7.56. The Kier molecular flexibility index (Phi) is 7.72. The van der Waals surface area contributed by atoms with Crippen molar-refractivity contribution in [1.29, 1.82) is 0 Å². The zero-order chi connectivity index (χ0) is 26.6. The fourth-order valence-corrected chi connectivity index (χ4v) is 6.11. The monoisotopic (exact) mass is 532 g/mol. The van der Waals surface area contributed by atoms with Crippen molar-refractivity contribution in [2.24, 2.45) is 0 Å². The maximum atomic E-state index is 12.3. The smallest absolute Gasteiger partial charge is 0.287 e. The van der Waals surface area contributed by atoms with E-state index in [4.69, 9.17) is 14.0 Å². The molecule has 2 amide bonds. The minimum absolute atomic E-state index is 0.142. The van der Waals surface area contributed by atoms with Gasteiger partial charge in [-0.05, 0) is 67.8 Å². The van der Waals surface area contributed by atoms with Crippen molar-refractivity contribution in [3.8, 4) is 5.75 Å². The van der Waals surface area contributed by atoms with Gasteiger partial charge in [0.1, 0.15) is 16.2 Å². The number of fused-ring (bicyclic) bond motifs is 1. The second-order valence-electron chi connectivity index (χ2n) is 9.81. The van der Waals surface area contributed by atoms with E-state index in [2.05, 4.69) is 41.7 Å². The van der Waals surface area contributed by atoms with Crippen LogP contribution in [-0.4, -0.2) is 35.6 Å². The van der Waals surface area contributed by atoms with Crippen LogP contribution in [-0.2, 0) is 19.7 Å². The highest BCUT2D eigenvalue weighted by atomic mass is 32.2. The number of allylic oxidation sites excluding steroid dienone is 2. The van der Waals surface area contributed by atoms with Gasteiger partial charge in [-0.1, -0.05) is 67.1 Å². The van der Waals surface area contributed by atoms with Gasteiger partial charge in [0.2, 0.25) is 5.91 Å². The zero-order valence-corrected chi connectivity index (χ0v) is 22.5. The maximum Gasteiger partial charge on any atom is 0.287 e. The van der Waals surface area contributed by atoms with Gasteiger partial charge in [-0.15, -0.1) is 0 Å². The lowest BCUT2D eigenvalue weighted by Gasteiger charge is -2.37. The van der Waals surface area contributed by atoms with E-state index < -0.39 is 4.75 Å². The molecule has 1 aliphatic heterocycles. The number of ether oxygens (including phenoxy) is 2. The van der Waals surface area contributed by atoms with Gasteiger partial charge in [0, 0.05) is 12.0 Å². The quantitative estimate of drug-likeness (QED) is 0.284. The maximum absolute atomic E-state index is 12.3. The minimum atomic E-state index is -0.938. The molecule has 0 saturated carbocycles. The number of rotatable bonds is 11. The lowest BCUT2D eigenvalue weighted by Crippen LogP contribution is -2.40. The molecule has 1 saturated heterocycles. The molecule has 3 aromatic rings. The van der Waals surface area contributed by atoms with Crippen LogP contribution in [0.2, 0.25) is 0 Å². The molecule has 0 bridgehead atoms. The third kappa shape index (κ3) is 5.02. The Bertz CT molecular complexity index is 1380. The number of para-hydroxylation sites is 1. The molecule has 0 radical (unpaired) electrons. The average molecular weight is 533 g/mol. The van der Waals surface area contributed by atoms with Gasteiger partial charge in [-0.3, -0.25) is 14.9 Å². The molecule has 3 atom stereocenters. The summed E-state index contributed by atoms with van der Waals surface area (Å²) in [5.74, 6) is 0.379. The third-order valence-electron chi connectivity index (χ3n) is 7.22. The summed E-state index contributed by atoms with van der Waals surface area (Å²) in [4.78, 5) is 24.0. The summed E-state index contributed by atoms with van der Waals surface area (Å²) in [6.07, 6.45) is 11.8. The Hall–Kier alpha value is -3.36. The van der Waals surface area contributed by atoms with Crippen molar-refractivity contribution in [3.05, 3.63) is 84.1 Å². The number of amides is 2. The van der Waals surface area contributed by atoms with Crippen LogP contribution in [0.5, 0.6) is 5.75 Å². The summed E-state index contributed by atoms with van der Waals surface area (Å²) in [6, 6.07) is 15.4. The molecule has 2 aliphatic rings. The Morgan fingerprint density at radius 3 is 2.74 bits per heavy atom. The third-order valence-corrected chi connectivity index (χ3v) is 8.33. The second-order valence-corrected chi connectivity index (χ2v) is 11.2. The molecule has 38 heavy (non-hydrogen) atoms. The van der Waals surface area contributed by atoms with E-state index in [-0.39, 0.29) is 22.7 Å². The van der Waals surface area contributed by atoms with Crippen LogP contribution in [0.1, 0.15) is 50.8 Å². The highest BCUT2D eigenvalue weighted by Gasteiger charge is 2.45. The van der Waals surface area contributed by atoms with Crippen LogP contribution in [0, 0.1) is 0 Å². The first kappa shape index (κ1) is 26.3. The highest BCUT2D eigenvalue weighted by Crippen LogP contribution is 2.43. The number of hydrogen-bond donors (Lipinski definition) is 1. The van der Waals surface area contributed by atoms with Crippen LogP contribution in [0.3, 0.4) is 0 Å². The number of nitrogens with zero attached hydrogens (tertiary/aromatic N) is 1. The van der Waals surface area contributed by atoms with Crippen molar-refractivity contribution in [2.75, 3.05) is 13.2 Å². The Labute approximate surface area is 226 Å². The number of hydrogen-bond acceptors (Lipinski definition) is 7. The predicted octanol–water partition coefficient (Wildman–Crippen LogP) is 6.43. The normalized spacial score (nSPS) is 24.7. The molecule has 8 heteroatoms. The Balaban J connectivity index is 1.17. The summed E-state index contributed by atoms with van der Waals surface area (Å²) in [6.45, 7) is 5.04. The van der Waals surface area contributed by atoms with Crippen LogP contribution >= 0.6 is 11.8 Å². The van der Waals surface area contributed by atoms with Crippen molar-refractivity contribution in [3.63, 3.8) is 0 Å². The van der Waals surface area contributed by atoms with Gasteiger partial charge in [0.15, 0.2) is 5.58 Å². The first-order valence-electron chi connectivity index (χ1n) is 13.1. The number of carbonyl (C=O) groups excluding carboxylic acids is 2. The molecule has 2 heterocycles. The number of imide groups is 1. The topological polar surface area (TPSA) is 90.7 Å². The van der Waals surface area contributed by atoms with Crippen molar-refractivity contribution < 1.29 is 23.6 Å². The van der Waals surface area contributed by atoms with E-state index in [0.717, 1.165) is 59.7 Å². The number of aromatic nitrogens is 1. The van der Waals surface area contributed by atoms with Crippen LogP contribution < -0.4 is 10.1 Å². The van der Waals surface area contributed by atoms with Crippen molar-refractivity contribution in [2.45, 2.75) is 55.8 Å². The van der Waals surface area contributed by atoms with E-state index in [1.54, 1.807) is 6.92 Å². The summed E-state index contributed by atoms with van der Waals surface area (Å²) < 4.78 is 17.1. The van der Waals surface area contributed by atoms with E-state index in [0.29, 0.717) is 19.0 Å². The van der Waals surface area contributed by atoms with Crippen LogP contribution in [0.25, 0.3) is 11.0 Å². The first-order valence-corrected chi connectivity index (χ1v) is 13.9. The molecule has 1 aromatic heterocycles. The van der Waals surface area contributed by atoms with Gasteiger partial charge >= 0.3 is 0 Å². The fraction of sp³-hybridized carbons (Fsp3) is 0.367. The SMILES string of the molecule is CCCC1(c2noc3ccccc23)C=CC=CC1OCCCCOc1cccc(C2(C)SC(=O)NC2=O)c1. The van der Waals surface area contributed by atoms with Gasteiger partial charge < -0.3 is 14.0 Å². The lowest BCUT2D eigenvalue weighted by molar-refractivity contribution is -0.121. The molecule has 5 rings (SSSR count). The number of thioether (sulfide) groups is 1. The minimum Gasteiger partial charge on any atom is -0.494 e. The summed E-state index contributed by atoms with van der Waals surface area (Å²) in [7, 11) is 0. The molecule has 198 valence electrons. The molecule has 2 aromatic carbocycles. The number of unbranched alkanes of at least 4 members (excludes halogenated alkanes) is 1. The molecule has 1 fully saturated rings. The number of benzene rings is 2. The summed E-state index contributed by atoms with van der Waals surface area (Å²) in [5.41, 5.74) is 2.08. The highest BCUT2D eigenvalue weighted by molar-refractivity contribution is 8.15. The molecule has 1 N–H and O–H groups in total. The van der Waals surface area contributed by atoms with Crippen LogP contribution in [0.15, 0.2) is 77.4 Å². The average Bonchev–Trinajstić information content (AvgIpc) is 3.47. The number of carbonyl (C=O) groups is 2. The first-order chi connectivity index (χ1) is 18.5.